The summed E-state index contributed by atoms with van der Waals surface area (Å²) in [5, 5.41) is 3.25. The number of rotatable bonds is 9. The van der Waals surface area contributed by atoms with Gasteiger partial charge >= 0.3 is 12.2 Å². The summed E-state index contributed by atoms with van der Waals surface area (Å²) >= 11 is 0. The number of fused-ring (bicyclic) bond motifs is 4. The Bertz CT molecular complexity index is 1040. The zero-order valence-electron chi connectivity index (χ0n) is 22.0. The van der Waals surface area contributed by atoms with Crippen molar-refractivity contribution in [1.82, 2.24) is 5.32 Å². The number of ether oxygens (including phenoxy) is 4. The molecule has 4 rings (SSSR count). The van der Waals surface area contributed by atoms with Crippen LogP contribution in [-0.4, -0.2) is 31.7 Å². The van der Waals surface area contributed by atoms with Gasteiger partial charge in [-0.3, -0.25) is 0 Å². The number of nitrogens with one attached hydrogen (secondary N) is 1. The lowest BCUT2D eigenvalue weighted by Gasteiger charge is -2.49. The summed E-state index contributed by atoms with van der Waals surface area (Å²) in [4.78, 5) is 24.6. The first-order valence-corrected chi connectivity index (χ1v) is 13.5. The van der Waals surface area contributed by atoms with Gasteiger partial charge in [-0.1, -0.05) is 75.9 Å². The average Bonchev–Trinajstić information content (AvgIpc) is 2.90. The van der Waals surface area contributed by atoms with E-state index in [2.05, 4.69) is 18.3 Å². The molecule has 0 spiro atoms. The molecule has 7 nitrogen and oxygen atoms in total. The second-order valence-corrected chi connectivity index (χ2v) is 10.3. The third kappa shape index (κ3) is 6.96. The van der Waals surface area contributed by atoms with Gasteiger partial charge in [0, 0.05) is 11.5 Å². The molecule has 1 N–H and O–H groups in total. The van der Waals surface area contributed by atoms with E-state index in [9.17, 15) is 9.59 Å². The molecule has 1 amide bonds. The van der Waals surface area contributed by atoms with Crippen LogP contribution in [0.25, 0.3) is 0 Å². The van der Waals surface area contributed by atoms with Crippen molar-refractivity contribution in [1.29, 1.82) is 0 Å². The topological polar surface area (TPSA) is 83.1 Å². The molecule has 2 bridgehead atoms. The van der Waals surface area contributed by atoms with Crippen LogP contribution in [0.3, 0.4) is 0 Å². The molecule has 0 saturated heterocycles. The van der Waals surface area contributed by atoms with E-state index in [1.54, 1.807) is 0 Å². The fraction of sp³-hybridized carbons (Fsp3) is 0.533. The number of unbranched alkanes of at least 4 members (excludes halogenated alkanes) is 1. The van der Waals surface area contributed by atoms with Crippen LogP contribution in [0.5, 0.6) is 5.75 Å². The standard InChI is InChI=1S/C30H39NO6/c1-3-4-17-34-29(33)37-21-36-25-15-14-23-18-24-13-9-6-10-16-30(2,26(23)19-25)27(24)31-28(32)35-20-22-11-7-5-8-12-22/h5,7-8,11-12,14-15,19,24,27H,3-4,6,9-10,13,16-18,20-21H2,1-2H3,(H,31,32)/t24-,27-,30+/m0/s1. The van der Waals surface area contributed by atoms with Crippen LogP contribution in [0, 0.1) is 5.92 Å². The van der Waals surface area contributed by atoms with E-state index >= 15 is 0 Å². The molecule has 2 aromatic rings. The van der Waals surface area contributed by atoms with Crippen LogP contribution < -0.4 is 10.1 Å². The van der Waals surface area contributed by atoms with E-state index < -0.39 is 6.16 Å². The average molecular weight is 510 g/mol. The summed E-state index contributed by atoms with van der Waals surface area (Å²) in [6.07, 6.45) is 7.03. The molecular formula is C30H39NO6. The minimum absolute atomic E-state index is 0.0383. The first-order chi connectivity index (χ1) is 18.0. The van der Waals surface area contributed by atoms with Crippen molar-refractivity contribution < 1.29 is 28.5 Å². The van der Waals surface area contributed by atoms with Crippen molar-refractivity contribution in [2.45, 2.75) is 83.3 Å². The Morgan fingerprint density at radius 3 is 2.68 bits per heavy atom. The fourth-order valence-electron chi connectivity index (χ4n) is 5.73. The number of carbonyl (C=O) groups excluding carboxylic acids is 2. The summed E-state index contributed by atoms with van der Waals surface area (Å²) in [7, 11) is 0. The number of alkyl carbamates (subject to hydrolysis) is 1. The molecule has 200 valence electrons. The molecule has 37 heavy (non-hydrogen) atoms. The number of hydrogen-bond acceptors (Lipinski definition) is 6. The van der Waals surface area contributed by atoms with Gasteiger partial charge in [-0.15, -0.1) is 0 Å². The van der Waals surface area contributed by atoms with Crippen molar-refractivity contribution >= 4 is 12.2 Å². The Labute approximate surface area is 219 Å². The van der Waals surface area contributed by atoms with Crippen LogP contribution >= 0.6 is 0 Å². The molecule has 0 aliphatic heterocycles. The van der Waals surface area contributed by atoms with Crippen LogP contribution in [0.4, 0.5) is 9.59 Å². The van der Waals surface area contributed by atoms with Crippen LogP contribution in [0.15, 0.2) is 48.5 Å². The normalized spacial score (nSPS) is 22.5. The van der Waals surface area contributed by atoms with E-state index in [-0.39, 0.29) is 30.9 Å². The predicted molar refractivity (Wildman–Crippen MR) is 140 cm³/mol. The third-order valence-corrected chi connectivity index (χ3v) is 7.71. The van der Waals surface area contributed by atoms with Gasteiger partial charge in [0.2, 0.25) is 6.79 Å². The zero-order chi connectivity index (χ0) is 26.1. The molecule has 0 aromatic heterocycles. The monoisotopic (exact) mass is 509 g/mol. The Morgan fingerprint density at radius 1 is 1.03 bits per heavy atom. The van der Waals surface area contributed by atoms with Gasteiger partial charge in [-0.2, -0.15) is 0 Å². The molecule has 0 heterocycles. The summed E-state index contributed by atoms with van der Waals surface area (Å²) in [5.41, 5.74) is 3.17. The summed E-state index contributed by atoms with van der Waals surface area (Å²) in [5.74, 6) is 0.974. The molecule has 1 fully saturated rings. The Morgan fingerprint density at radius 2 is 1.86 bits per heavy atom. The lowest BCUT2D eigenvalue weighted by atomic mass is 9.59. The first-order valence-electron chi connectivity index (χ1n) is 13.5. The summed E-state index contributed by atoms with van der Waals surface area (Å²) in [6, 6.07) is 15.8. The highest BCUT2D eigenvalue weighted by Gasteiger charge is 2.46. The number of carbonyl (C=O) groups is 2. The molecule has 2 aliphatic rings. The number of benzene rings is 2. The highest BCUT2D eigenvalue weighted by molar-refractivity contribution is 5.68. The van der Waals surface area contributed by atoms with Gasteiger partial charge in [0.25, 0.3) is 0 Å². The molecular weight excluding hydrogens is 470 g/mol. The molecule has 2 aromatic carbocycles. The Hall–Kier alpha value is -3.22. The molecule has 3 atom stereocenters. The minimum atomic E-state index is -0.723. The highest BCUT2D eigenvalue weighted by Crippen LogP contribution is 2.47. The quantitative estimate of drug-likeness (QED) is 0.231. The van der Waals surface area contributed by atoms with E-state index in [0.29, 0.717) is 18.3 Å². The maximum absolute atomic E-state index is 12.9. The Balaban J connectivity index is 1.45. The molecule has 0 radical (unpaired) electrons. The maximum atomic E-state index is 12.9. The maximum Gasteiger partial charge on any atom is 0.511 e. The van der Waals surface area contributed by atoms with Gasteiger partial charge in [0.05, 0.1) is 6.61 Å². The SMILES string of the molecule is CCCCOC(=O)OCOc1ccc2c(c1)[C@@]1(C)CCCCC[C@@H](C2)[C@@H]1NC(=O)OCc1ccccc1. The lowest BCUT2D eigenvalue weighted by molar-refractivity contribution is 0.00413. The van der Waals surface area contributed by atoms with E-state index in [4.69, 9.17) is 18.9 Å². The second kappa shape index (κ2) is 12.8. The van der Waals surface area contributed by atoms with Gasteiger partial charge in [-0.25, -0.2) is 9.59 Å². The minimum Gasteiger partial charge on any atom is -0.457 e. The van der Waals surface area contributed by atoms with E-state index in [0.717, 1.165) is 44.1 Å². The summed E-state index contributed by atoms with van der Waals surface area (Å²) in [6.45, 7) is 4.65. The van der Waals surface area contributed by atoms with Crippen molar-refractivity contribution in [2.75, 3.05) is 13.4 Å². The smallest absolute Gasteiger partial charge is 0.457 e. The Kier molecular flexibility index (Phi) is 9.31. The number of amides is 1. The third-order valence-electron chi connectivity index (χ3n) is 7.71. The first kappa shape index (κ1) is 26.8. The zero-order valence-corrected chi connectivity index (χ0v) is 22.0. The van der Waals surface area contributed by atoms with Gasteiger partial charge in [0.15, 0.2) is 0 Å². The van der Waals surface area contributed by atoms with Crippen molar-refractivity contribution in [3.63, 3.8) is 0 Å². The van der Waals surface area contributed by atoms with Crippen LogP contribution in [0.2, 0.25) is 0 Å². The largest absolute Gasteiger partial charge is 0.511 e. The second-order valence-electron chi connectivity index (χ2n) is 10.3. The fourth-order valence-corrected chi connectivity index (χ4v) is 5.73. The predicted octanol–water partition coefficient (Wildman–Crippen LogP) is 6.67. The molecule has 1 saturated carbocycles. The molecule has 7 heteroatoms. The van der Waals surface area contributed by atoms with Crippen molar-refractivity contribution in [3.8, 4) is 5.75 Å². The summed E-state index contributed by atoms with van der Waals surface area (Å²) < 4.78 is 21.4. The van der Waals surface area contributed by atoms with E-state index in [1.165, 1.54) is 24.0 Å². The van der Waals surface area contributed by atoms with Gasteiger partial charge < -0.3 is 24.3 Å². The van der Waals surface area contributed by atoms with Gasteiger partial charge in [-0.05, 0) is 60.4 Å². The van der Waals surface area contributed by atoms with Crippen LogP contribution in [0.1, 0.15) is 75.5 Å². The number of hydrogen-bond donors (Lipinski definition) is 1. The van der Waals surface area contributed by atoms with Crippen LogP contribution in [-0.2, 0) is 32.7 Å². The van der Waals surface area contributed by atoms with Crippen molar-refractivity contribution in [2.24, 2.45) is 5.92 Å². The van der Waals surface area contributed by atoms with E-state index in [1.807, 2.05) is 49.4 Å². The van der Waals surface area contributed by atoms with Crippen molar-refractivity contribution in [3.05, 3.63) is 65.2 Å². The lowest BCUT2D eigenvalue weighted by Crippen LogP contribution is -2.57. The molecule has 0 unspecified atom stereocenters. The molecule has 2 aliphatic carbocycles. The van der Waals surface area contributed by atoms with Gasteiger partial charge in [0.1, 0.15) is 12.4 Å². The highest BCUT2D eigenvalue weighted by atomic mass is 16.8.